The molecular weight excluding hydrogens is 532 g/mol. The summed E-state index contributed by atoms with van der Waals surface area (Å²) < 4.78 is 6.46. The minimum Gasteiger partial charge on any atom is -0.504 e. The number of allylic oxidation sites excluding steroid dienone is 1. The van der Waals surface area contributed by atoms with Crippen LogP contribution in [0.25, 0.3) is 49.2 Å². The van der Waals surface area contributed by atoms with E-state index in [0.717, 1.165) is 34.0 Å². The molecule has 4 N–H and O–H groups in total. The van der Waals surface area contributed by atoms with E-state index in [1.807, 2.05) is 19.9 Å². The number of quaternary nitrogens is 1. The molecule has 1 aliphatic rings. The second-order valence-electron chi connectivity index (χ2n) is 12.5. The van der Waals surface area contributed by atoms with Crippen LogP contribution in [0.2, 0.25) is 0 Å². The maximum Gasteiger partial charge on any atom is 0.192 e. The van der Waals surface area contributed by atoms with Crippen molar-refractivity contribution in [3.63, 3.8) is 0 Å². The van der Waals surface area contributed by atoms with Crippen LogP contribution in [-0.2, 0) is 26.1 Å². The number of hydrogen-bond donors (Lipinski definition) is 4. The minimum atomic E-state index is -0.424. The van der Waals surface area contributed by atoms with Crippen molar-refractivity contribution in [1.29, 1.82) is 0 Å². The number of nitrogens with one attached hydrogen (secondary N) is 1. The van der Waals surface area contributed by atoms with E-state index in [2.05, 4.69) is 32.5 Å². The van der Waals surface area contributed by atoms with E-state index in [1.54, 1.807) is 0 Å². The van der Waals surface area contributed by atoms with Crippen molar-refractivity contribution < 1.29 is 24.5 Å². The number of rotatable bonds is 8. The van der Waals surface area contributed by atoms with Crippen molar-refractivity contribution in [2.75, 3.05) is 46.7 Å². The van der Waals surface area contributed by atoms with Crippen molar-refractivity contribution in [2.45, 2.75) is 39.9 Å². The molecule has 0 radical (unpaired) electrons. The quantitative estimate of drug-likeness (QED) is 0.126. The first kappa shape index (κ1) is 28.2. The van der Waals surface area contributed by atoms with Crippen molar-refractivity contribution in [1.82, 2.24) is 0 Å². The molecule has 5 aromatic carbocycles. The van der Waals surface area contributed by atoms with Crippen LogP contribution >= 0.6 is 0 Å². The fourth-order valence-corrected chi connectivity index (χ4v) is 7.01. The Bertz CT molecular complexity index is 2070. The third-order valence-electron chi connectivity index (χ3n) is 8.70. The van der Waals surface area contributed by atoms with E-state index >= 15 is 0 Å². The Morgan fingerprint density at radius 1 is 0.905 bits per heavy atom. The van der Waals surface area contributed by atoms with Gasteiger partial charge in [0.1, 0.15) is 0 Å². The van der Waals surface area contributed by atoms with Gasteiger partial charge < -0.3 is 29.9 Å². The highest BCUT2D eigenvalue weighted by atomic mass is 16.5. The van der Waals surface area contributed by atoms with Gasteiger partial charge in [-0.1, -0.05) is 11.6 Å². The molecule has 5 aromatic rings. The first-order valence-electron chi connectivity index (χ1n) is 14.3. The standard InChI is InChI=1S/C34H36N2O6/c1-7-35-22-12-17(14-37)24-25-18(15-38)13-23(39)29-31(25)27-21(34(42-6)33(29)41)11-16(2)10-20-19(8-9-36(3,4)5)32(40)28(22)30(24)26(20)27/h10,12-13,37-38H,7-9,11,14-15H2,1-6H3,(H-,35,39,40,41)/p+1. The number of likely N-dealkylation sites (N-methyl/N-ethyl adjacent to an activating group) is 1. The molecule has 0 saturated carbocycles. The fourth-order valence-electron chi connectivity index (χ4n) is 7.01. The average Bonchev–Trinajstić information content (AvgIpc) is 3.08. The molecular formula is C34H37N2O6+. The molecule has 42 heavy (non-hydrogen) atoms. The van der Waals surface area contributed by atoms with Gasteiger partial charge in [0.15, 0.2) is 22.4 Å². The maximum absolute atomic E-state index is 14.6. The molecule has 0 amide bonds. The predicted molar refractivity (Wildman–Crippen MR) is 170 cm³/mol. The molecule has 8 heteroatoms. The van der Waals surface area contributed by atoms with Crippen LogP contribution in [0.4, 0.5) is 5.69 Å². The van der Waals surface area contributed by atoms with Gasteiger partial charge in [-0.3, -0.25) is 9.59 Å². The summed E-state index contributed by atoms with van der Waals surface area (Å²) in [6.07, 6.45) is 3.04. The number of aliphatic hydroxyl groups excluding tert-OH is 2. The van der Waals surface area contributed by atoms with Crippen molar-refractivity contribution in [3.05, 3.63) is 66.0 Å². The normalized spacial score (nSPS) is 13.6. The molecule has 0 bridgehead atoms. The molecule has 8 nitrogen and oxygen atoms in total. The Hall–Kier alpha value is -3.98. The van der Waals surface area contributed by atoms with Gasteiger partial charge in [0.2, 0.25) is 0 Å². The summed E-state index contributed by atoms with van der Waals surface area (Å²) in [7, 11) is 7.77. The fraction of sp³-hybridized carbons (Fsp3) is 0.353. The minimum absolute atomic E-state index is 0.0668. The topological polar surface area (TPSA) is 116 Å². The zero-order valence-corrected chi connectivity index (χ0v) is 25.0. The third kappa shape index (κ3) is 3.86. The lowest BCUT2D eigenvalue weighted by Gasteiger charge is -2.26. The lowest BCUT2D eigenvalue weighted by atomic mass is 9.80. The van der Waals surface area contributed by atoms with Gasteiger partial charge in [0, 0.05) is 40.6 Å². The lowest BCUT2D eigenvalue weighted by molar-refractivity contribution is -0.870. The highest BCUT2D eigenvalue weighted by Gasteiger charge is 2.32. The number of anilines is 1. The van der Waals surface area contributed by atoms with Crippen LogP contribution < -0.4 is 20.9 Å². The first-order chi connectivity index (χ1) is 20.0. The van der Waals surface area contributed by atoms with Gasteiger partial charge in [0.25, 0.3) is 0 Å². The van der Waals surface area contributed by atoms with Gasteiger partial charge in [0.05, 0.1) is 58.8 Å². The highest BCUT2D eigenvalue weighted by molar-refractivity contribution is 6.38. The van der Waals surface area contributed by atoms with Gasteiger partial charge >= 0.3 is 0 Å². The zero-order chi connectivity index (χ0) is 30.2. The number of hydrogen-bond acceptors (Lipinski definition) is 7. The van der Waals surface area contributed by atoms with Gasteiger partial charge in [-0.15, -0.1) is 0 Å². The van der Waals surface area contributed by atoms with E-state index in [1.165, 1.54) is 13.2 Å². The highest BCUT2D eigenvalue weighted by Crippen LogP contribution is 2.52. The molecule has 0 atom stereocenters. The summed E-state index contributed by atoms with van der Waals surface area (Å²) >= 11 is 0. The first-order valence-corrected chi connectivity index (χ1v) is 14.3. The van der Waals surface area contributed by atoms with E-state index < -0.39 is 12.0 Å². The van der Waals surface area contributed by atoms with E-state index in [-0.39, 0.29) is 28.9 Å². The summed E-state index contributed by atoms with van der Waals surface area (Å²) in [6, 6.07) is 3.15. The molecule has 6 rings (SSSR count). The van der Waals surface area contributed by atoms with Crippen LogP contribution in [0.1, 0.15) is 41.7 Å². The van der Waals surface area contributed by atoms with Crippen LogP contribution in [0.3, 0.4) is 0 Å². The van der Waals surface area contributed by atoms with Gasteiger partial charge in [-0.05, 0) is 70.6 Å². The van der Waals surface area contributed by atoms with Gasteiger partial charge in [-0.25, -0.2) is 0 Å². The van der Waals surface area contributed by atoms with Crippen LogP contribution in [-0.4, -0.2) is 61.1 Å². The van der Waals surface area contributed by atoms with E-state index in [0.29, 0.717) is 73.2 Å². The zero-order valence-electron chi connectivity index (χ0n) is 25.0. The number of phenolic OH excluding ortho intramolecular Hbond substituents is 1. The Balaban J connectivity index is 2.07. The smallest absolute Gasteiger partial charge is 0.192 e. The predicted octanol–water partition coefficient (Wildman–Crippen LogP) is 4.23. The van der Waals surface area contributed by atoms with E-state index in [9.17, 15) is 24.9 Å². The molecule has 0 aromatic heterocycles. The van der Waals surface area contributed by atoms with Gasteiger partial charge in [-0.2, -0.15) is 0 Å². The summed E-state index contributed by atoms with van der Waals surface area (Å²) in [5.41, 5.74) is 4.32. The molecule has 1 aliphatic carbocycles. The summed E-state index contributed by atoms with van der Waals surface area (Å²) in [5.74, 6) is -0.00252. The van der Waals surface area contributed by atoms with Crippen molar-refractivity contribution in [2.24, 2.45) is 0 Å². The number of nitrogens with zero attached hydrogens (tertiary/aromatic N) is 1. The monoisotopic (exact) mass is 569 g/mol. The maximum atomic E-state index is 14.6. The molecule has 218 valence electrons. The largest absolute Gasteiger partial charge is 0.504 e. The van der Waals surface area contributed by atoms with Crippen LogP contribution in [0, 0.1) is 0 Å². The number of aromatic hydroxyl groups is 1. The summed E-state index contributed by atoms with van der Waals surface area (Å²) in [6.45, 7) is 4.52. The third-order valence-corrected chi connectivity index (χ3v) is 8.70. The van der Waals surface area contributed by atoms with Crippen LogP contribution in [0.15, 0.2) is 27.3 Å². The number of ether oxygens (including phenoxy) is 1. The number of phenols is 1. The Morgan fingerprint density at radius 3 is 2.14 bits per heavy atom. The molecule has 0 heterocycles. The Kier molecular flexibility index (Phi) is 6.57. The second-order valence-corrected chi connectivity index (χ2v) is 12.5. The molecule has 0 spiro atoms. The number of aliphatic hydroxyl groups is 2. The van der Waals surface area contributed by atoms with Crippen molar-refractivity contribution in [3.8, 4) is 11.5 Å². The molecule has 0 saturated heterocycles. The Labute approximate surface area is 243 Å². The SMILES string of the molecule is CCNc1cc(CO)c2c3c(CO)cc(=O)c4c(O)c(OC)c5c(c6c(c(CC[N+](C)(C)C)c(=O)c1c26)C=C(C)C5)c43. The number of fused-ring (bicyclic) bond motifs is 1. The molecule has 0 fully saturated rings. The van der Waals surface area contributed by atoms with Crippen molar-refractivity contribution >= 4 is 54.9 Å². The number of methoxy groups -OCH3 is 1. The molecule has 0 unspecified atom stereocenters. The lowest BCUT2D eigenvalue weighted by Crippen LogP contribution is -2.37. The summed E-state index contributed by atoms with van der Waals surface area (Å²) in [4.78, 5) is 28.2. The molecule has 0 aliphatic heterocycles. The average molecular weight is 570 g/mol. The second kappa shape index (κ2) is 9.80. The Morgan fingerprint density at radius 2 is 1.55 bits per heavy atom. The van der Waals surface area contributed by atoms with Crippen LogP contribution in [0.5, 0.6) is 11.5 Å². The van der Waals surface area contributed by atoms with E-state index in [4.69, 9.17) is 4.74 Å². The summed E-state index contributed by atoms with van der Waals surface area (Å²) in [5, 5.41) is 40.7. The number of benzene rings is 5.